The highest BCUT2D eigenvalue weighted by atomic mass is 35.5. The summed E-state index contributed by atoms with van der Waals surface area (Å²) < 4.78 is 0. The molecule has 0 radical (unpaired) electrons. The predicted molar refractivity (Wildman–Crippen MR) is 129 cm³/mol. The van der Waals surface area contributed by atoms with Crippen molar-refractivity contribution >= 4 is 40.1 Å². The average molecular weight is 462 g/mol. The second-order valence-corrected chi connectivity index (χ2v) is 8.80. The summed E-state index contributed by atoms with van der Waals surface area (Å²) in [7, 11) is 0. The van der Waals surface area contributed by atoms with Crippen LogP contribution in [0.5, 0.6) is 0 Å². The van der Waals surface area contributed by atoms with Crippen molar-refractivity contribution in [3.8, 4) is 11.1 Å². The van der Waals surface area contributed by atoms with Crippen LogP contribution in [0.15, 0.2) is 55.4 Å². The third kappa shape index (κ3) is 4.41. The van der Waals surface area contributed by atoms with Gasteiger partial charge in [-0.15, -0.1) is 0 Å². The van der Waals surface area contributed by atoms with Crippen LogP contribution in [0, 0.1) is 0 Å². The first kappa shape index (κ1) is 21.4. The Morgan fingerprint density at radius 3 is 2.61 bits per heavy atom. The Labute approximate surface area is 197 Å². The third-order valence-corrected chi connectivity index (χ3v) is 6.43. The van der Waals surface area contributed by atoms with E-state index in [0.29, 0.717) is 42.8 Å². The molecule has 0 unspecified atom stereocenters. The van der Waals surface area contributed by atoms with Crippen molar-refractivity contribution in [1.82, 2.24) is 20.2 Å². The van der Waals surface area contributed by atoms with Gasteiger partial charge in [-0.3, -0.25) is 9.59 Å². The summed E-state index contributed by atoms with van der Waals surface area (Å²) in [6, 6.07) is 11.6. The number of hydrogen-bond donors (Lipinski definition) is 1. The zero-order valence-corrected chi connectivity index (χ0v) is 18.9. The number of hydrogen-bond acceptors (Lipinski definition) is 5. The summed E-state index contributed by atoms with van der Waals surface area (Å²) in [4.78, 5) is 37.3. The Morgan fingerprint density at radius 1 is 1.09 bits per heavy atom. The number of anilines is 1. The highest BCUT2D eigenvalue weighted by Crippen LogP contribution is 2.35. The number of benzene rings is 2. The molecule has 1 aliphatic carbocycles. The number of nitrogens with zero attached hydrogens (tertiary/aromatic N) is 4. The van der Waals surface area contributed by atoms with Gasteiger partial charge in [0.25, 0.3) is 5.91 Å². The summed E-state index contributed by atoms with van der Waals surface area (Å²) in [6.45, 7) is 6.12. The molecule has 1 saturated heterocycles. The fourth-order valence-electron chi connectivity index (χ4n) is 4.13. The second kappa shape index (κ2) is 8.83. The predicted octanol–water partition coefficient (Wildman–Crippen LogP) is 3.68. The van der Waals surface area contributed by atoms with E-state index in [-0.39, 0.29) is 11.8 Å². The Balaban J connectivity index is 1.44. The Morgan fingerprint density at radius 2 is 1.88 bits per heavy atom. The molecule has 1 N–H and O–H groups in total. The summed E-state index contributed by atoms with van der Waals surface area (Å²) in [6.07, 6.45) is 4.99. The maximum absolute atomic E-state index is 12.5. The number of carbonyl (C=O) groups excluding carboxylic acids is 2. The maximum atomic E-state index is 12.5. The number of halogens is 1. The minimum Gasteiger partial charge on any atom is -0.352 e. The van der Waals surface area contributed by atoms with E-state index in [1.54, 1.807) is 11.2 Å². The summed E-state index contributed by atoms with van der Waals surface area (Å²) in [5.41, 5.74) is 3.07. The van der Waals surface area contributed by atoms with Gasteiger partial charge in [-0.1, -0.05) is 30.3 Å². The van der Waals surface area contributed by atoms with Crippen molar-refractivity contribution in [3.63, 3.8) is 0 Å². The highest BCUT2D eigenvalue weighted by molar-refractivity contribution is 6.34. The van der Waals surface area contributed by atoms with Gasteiger partial charge in [-0.05, 0) is 48.7 Å². The quantitative estimate of drug-likeness (QED) is 0.586. The Hall–Kier alpha value is -3.45. The molecule has 3 aromatic rings. The lowest BCUT2D eigenvalue weighted by Crippen LogP contribution is -2.48. The lowest BCUT2D eigenvalue weighted by atomic mass is 10.0. The maximum Gasteiger partial charge on any atom is 0.251 e. The molecule has 2 amide bonds. The first-order valence-corrected chi connectivity index (χ1v) is 11.4. The number of aromatic nitrogens is 2. The van der Waals surface area contributed by atoms with Crippen LogP contribution < -0.4 is 10.2 Å². The molecule has 1 aromatic heterocycles. The van der Waals surface area contributed by atoms with Gasteiger partial charge < -0.3 is 15.1 Å². The van der Waals surface area contributed by atoms with Crippen LogP contribution in [0.4, 0.5) is 5.82 Å². The minimum atomic E-state index is -0.0602. The molecule has 33 heavy (non-hydrogen) atoms. The molecule has 2 aliphatic rings. The third-order valence-electron chi connectivity index (χ3n) is 6.12. The molecule has 2 aromatic carbocycles. The average Bonchev–Trinajstić information content (AvgIpc) is 3.67. The summed E-state index contributed by atoms with van der Waals surface area (Å²) >= 11 is 6.72. The smallest absolute Gasteiger partial charge is 0.251 e. The molecule has 2 fully saturated rings. The molecule has 5 rings (SSSR count). The number of piperazine rings is 1. The lowest BCUT2D eigenvalue weighted by molar-refractivity contribution is -0.126. The van der Waals surface area contributed by atoms with Crippen molar-refractivity contribution in [2.45, 2.75) is 18.9 Å². The molecule has 1 aliphatic heterocycles. The SMILES string of the molecule is C=CC(=O)N1CCN(c2ncnc3cc(-c4cccc(C(=O)NC5CC5)c4)c(Cl)cc23)CC1. The number of nitrogens with one attached hydrogen (secondary N) is 1. The van der Waals surface area contributed by atoms with Gasteiger partial charge in [-0.25, -0.2) is 9.97 Å². The molecular formula is C25H24ClN5O2. The largest absolute Gasteiger partial charge is 0.352 e. The fourth-order valence-corrected chi connectivity index (χ4v) is 4.40. The zero-order chi connectivity index (χ0) is 22.9. The molecule has 0 bridgehead atoms. The monoisotopic (exact) mass is 461 g/mol. The van der Waals surface area contributed by atoms with Gasteiger partial charge in [0.1, 0.15) is 12.1 Å². The number of carbonyl (C=O) groups is 2. The van der Waals surface area contributed by atoms with E-state index in [1.165, 1.54) is 6.08 Å². The first-order valence-electron chi connectivity index (χ1n) is 11.1. The molecule has 0 spiro atoms. The van der Waals surface area contributed by atoms with Crippen LogP contribution in [0.3, 0.4) is 0 Å². The van der Waals surface area contributed by atoms with E-state index in [0.717, 1.165) is 40.7 Å². The van der Waals surface area contributed by atoms with Gasteiger partial charge >= 0.3 is 0 Å². The lowest BCUT2D eigenvalue weighted by Gasteiger charge is -2.35. The van der Waals surface area contributed by atoms with Gasteiger partial charge in [0.05, 0.1) is 5.52 Å². The summed E-state index contributed by atoms with van der Waals surface area (Å²) in [5, 5.41) is 4.45. The van der Waals surface area contributed by atoms with E-state index in [1.807, 2.05) is 36.4 Å². The van der Waals surface area contributed by atoms with E-state index in [4.69, 9.17) is 11.6 Å². The van der Waals surface area contributed by atoms with Gasteiger partial charge in [0.15, 0.2) is 0 Å². The van der Waals surface area contributed by atoms with Gasteiger partial charge in [0, 0.05) is 53.8 Å². The van der Waals surface area contributed by atoms with E-state index in [2.05, 4.69) is 26.8 Å². The van der Waals surface area contributed by atoms with Gasteiger partial charge in [-0.2, -0.15) is 0 Å². The normalized spacial score (nSPS) is 16.0. The van der Waals surface area contributed by atoms with E-state index in [9.17, 15) is 9.59 Å². The zero-order valence-electron chi connectivity index (χ0n) is 18.1. The van der Waals surface area contributed by atoms with Crippen LogP contribution >= 0.6 is 11.6 Å². The molecule has 0 atom stereocenters. The molecule has 168 valence electrons. The molecular weight excluding hydrogens is 438 g/mol. The molecule has 8 heteroatoms. The van der Waals surface area contributed by atoms with Crippen LogP contribution in [0.25, 0.3) is 22.0 Å². The first-order chi connectivity index (χ1) is 16.0. The van der Waals surface area contributed by atoms with E-state index < -0.39 is 0 Å². The van der Waals surface area contributed by atoms with Crippen LogP contribution in [0.2, 0.25) is 5.02 Å². The molecule has 2 heterocycles. The number of amides is 2. The molecule has 1 saturated carbocycles. The Bertz CT molecular complexity index is 1250. The van der Waals surface area contributed by atoms with E-state index >= 15 is 0 Å². The topological polar surface area (TPSA) is 78.4 Å². The van der Waals surface area contributed by atoms with Crippen molar-refractivity contribution in [3.05, 3.63) is 66.0 Å². The Kier molecular flexibility index (Phi) is 5.72. The van der Waals surface area contributed by atoms with Crippen LogP contribution in [-0.2, 0) is 4.79 Å². The minimum absolute atomic E-state index is 0.0528. The van der Waals surface area contributed by atoms with Crippen molar-refractivity contribution in [2.75, 3.05) is 31.1 Å². The highest BCUT2D eigenvalue weighted by Gasteiger charge is 2.24. The van der Waals surface area contributed by atoms with Crippen molar-refractivity contribution in [1.29, 1.82) is 0 Å². The number of rotatable bonds is 5. The molecule has 7 nitrogen and oxygen atoms in total. The second-order valence-electron chi connectivity index (χ2n) is 8.39. The van der Waals surface area contributed by atoms with Crippen molar-refractivity contribution in [2.24, 2.45) is 0 Å². The number of fused-ring (bicyclic) bond motifs is 1. The van der Waals surface area contributed by atoms with Gasteiger partial charge in [0.2, 0.25) is 5.91 Å². The van der Waals surface area contributed by atoms with Crippen molar-refractivity contribution < 1.29 is 9.59 Å². The van der Waals surface area contributed by atoms with Crippen LogP contribution in [-0.4, -0.2) is 58.9 Å². The standard InChI is InChI=1S/C25H24ClN5O2/c1-2-23(32)30-8-10-31(11-9-30)24-20-13-21(26)19(14-22(20)27-15-28-24)16-4-3-5-17(12-16)25(33)29-18-6-7-18/h2-5,12-15,18H,1,6-11H2,(H,29,33). The van der Waals surface area contributed by atoms with Crippen LogP contribution in [0.1, 0.15) is 23.2 Å². The summed E-state index contributed by atoms with van der Waals surface area (Å²) in [5.74, 6) is 0.689. The fraction of sp³-hybridized carbons (Fsp3) is 0.280.